The van der Waals surface area contributed by atoms with Gasteiger partial charge in [0.15, 0.2) is 0 Å². The Hall–Kier alpha value is -1.57. The van der Waals surface area contributed by atoms with Gasteiger partial charge in [0.2, 0.25) is 0 Å². The molecule has 0 bridgehead atoms. The maximum absolute atomic E-state index is 13.2. The molecule has 0 radical (unpaired) electrons. The van der Waals surface area contributed by atoms with Crippen molar-refractivity contribution in [1.29, 1.82) is 0 Å². The van der Waals surface area contributed by atoms with E-state index in [1.165, 1.54) is 12.1 Å². The van der Waals surface area contributed by atoms with E-state index in [2.05, 4.69) is 10.2 Å². The number of rotatable bonds is 4. The van der Waals surface area contributed by atoms with Gasteiger partial charge in [-0.05, 0) is 69.1 Å². The summed E-state index contributed by atoms with van der Waals surface area (Å²) in [7, 11) is 0. The number of halogens is 2. The molecule has 2 aliphatic carbocycles. The zero-order valence-corrected chi connectivity index (χ0v) is 17.9. The molecule has 4 aliphatic rings. The van der Waals surface area contributed by atoms with Crippen molar-refractivity contribution in [2.75, 3.05) is 19.7 Å². The summed E-state index contributed by atoms with van der Waals surface area (Å²) in [5.41, 5.74) is -0.887. The highest BCUT2D eigenvalue weighted by Gasteiger charge is 2.58. The number of amides is 1. The minimum Gasteiger partial charge on any atom is -0.489 e. The van der Waals surface area contributed by atoms with Crippen molar-refractivity contribution in [1.82, 2.24) is 10.2 Å². The minimum atomic E-state index is -0.874. The second-order valence-corrected chi connectivity index (χ2v) is 10.3. The van der Waals surface area contributed by atoms with Gasteiger partial charge in [0.1, 0.15) is 23.9 Å². The van der Waals surface area contributed by atoms with Crippen molar-refractivity contribution in [3.8, 4) is 5.75 Å². The molecule has 1 unspecified atom stereocenters. The van der Waals surface area contributed by atoms with Gasteiger partial charge < -0.3 is 19.9 Å². The monoisotopic (exact) mass is 438 g/mol. The summed E-state index contributed by atoms with van der Waals surface area (Å²) < 4.78 is 24.2. The van der Waals surface area contributed by atoms with Crippen LogP contribution in [0.4, 0.5) is 9.18 Å². The van der Waals surface area contributed by atoms with Crippen LogP contribution in [0.2, 0.25) is 5.02 Å². The number of likely N-dealkylation sites (tertiary alicyclic amines) is 1. The van der Waals surface area contributed by atoms with Crippen LogP contribution in [0.1, 0.15) is 45.4 Å². The van der Waals surface area contributed by atoms with E-state index < -0.39 is 5.72 Å². The number of hydrogen-bond donors (Lipinski definition) is 2. The molecule has 2 N–H and O–H groups in total. The quantitative estimate of drug-likeness (QED) is 0.750. The van der Waals surface area contributed by atoms with E-state index >= 15 is 0 Å². The van der Waals surface area contributed by atoms with Crippen molar-refractivity contribution < 1.29 is 23.8 Å². The predicted molar refractivity (Wildman–Crippen MR) is 109 cm³/mol. The maximum atomic E-state index is 13.2. The van der Waals surface area contributed by atoms with Crippen molar-refractivity contribution >= 4 is 17.7 Å². The first-order valence-electron chi connectivity index (χ1n) is 10.7. The lowest BCUT2D eigenvalue weighted by Crippen LogP contribution is -2.66. The number of carbonyl (C=O) groups excluding carboxylic acids is 1. The second kappa shape index (κ2) is 6.97. The van der Waals surface area contributed by atoms with Crippen LogP contribution in [-0.2, 0) is 4.74 Å². The van der Waals surface area contributed by atoms with Gasteiger partial charge >= 0.3 is 6.09 Å². The SMILES string of the molecule is CC(O)(C1CC2(COC(=O)N2)C1)N1CCC2(CC1)CC(Oc1ccc(F)cc1Cl)C2. The minimum absolute atomic E-state index is 0.109. The van der Waals surface area contributed by atoms with E-state index in [0.717, 1.165) is 51.6 Å². The van der Waals surface area contributed by atoms with Gasteiger partial charge in [0, 0.05) is 19.0 Å². The number of nitrogens with zero attached hydrogens (tertiary/aromatic N) is 1. The molecule has 0 aromatic heterocycles. The highest BCUT2D eigenvalue weighted by Crippen LogP contribution is 2.53. The number of carbonyl (C=O) groups is 1. The molecular weight excluding hydrogens is 411 g/mol. The van der Waals surface area contributed by atoms with Gasteiger partial charge in [0.25, 0.3) is 0 Å². The first kappa shape index (κ1) is 20.3. The number of benzene rings is 1. The number of alkyl carbamates (subject to hydrolysis) is 1. The zero-order chi connectivity index (χ0) is 21.1. The molecule has 30 heavy (non-hydrogen) atoms. The van der Waals surface area contributed by atoms with Crippen LogP contribution >= 0.6 is 11.6 Å². The van der Waals surface area contributed by atoms with Crippen molar-refractivity contribution in [3.05, 3.63) is 29.0 Å². The first-order valence-corrected chi connectivity index (χ1v) is 11.1. The summed E-state index contributed by atoms with van der Waals surface area (Å²) in [5, 5.41) is 14.4. The molecule has 1 atom stereocenters. The summed E-state index contributed by atoms with van der Waals surface area (Å²) >= 11 is 6.07. The third-order valence-electron chi connectivity index (χ3n) is 7.87. The third-order valence-corrected chi connectivity index (χ3v) is 8.16. The predicted octanol–water partition coefficient (Wildman–Crippen LogP) is 3.70. The summed E-state index contributed by atoms with van der Waals surface area (Å²) in [6, 6.07) is 4.23. The molecule has 4 fully saturated rings. The Balaban J connectivity index is 1.11. The van der Waals surface area contributed by atoms with E-state index in [0.29, 0.717) is 17.4 Å². The maximum Gasteiger partial charge on any atom is 0.407 e. The molecule has 1 aromatic rings. The van der Waals surface area contributed by atoms with Crippen LogP contribution in [0, 0.1) is 17.2 Å². The van der Waals surface area contributed by atoms with Gasteiger partial charge in [-0.25, -0.2) is 9.18 Å². The molecule has 2 saturated carbocycles. The van der Waals surface area contributed by atoms with Gasteiger partial charge in [-0.15, -0.1) is 0 Å². The number of hydrogen-bond acceptors (Lipinski definition) is 5. The molecular formula is C22H28ClFN2O4. The normalized spacial score (nSPS) is 29.6. The summed E-state index contributed by atoms with van der Waals surface area (Å²) in [6.07, 6.45) is 5.24. The van der Waals surface area contributed by atoms with Crippen LogP contribution in [0.5, 0.6) is 5.75 Å². The Morgan fingerprint density at radius 3 is 2.60 bits per heavy atom. The van der Waals surface area contributed by atoms with Gasteiger partial charge in [-0.3, -0.25) is 4.90 Å². The average molecular weight is 439 g/mol. The molecule has 1 amide bonds. The Morgan fingerprint density at radius 2 is 2.00 bits per heavy atom. The molecule has 164 valence electrons. The van der Waals surface area contributed by atoms with Gasteiger partial charge in [-0.1, -0.05) is 11.6 Å². The topological polar surface area (TPSA) is 71.0 Å². The van der Waals surface area contributed by atoms with E-state index in [-0.39, 0.29) is 34.9 Å². The van der Waals surface area contributed by atoms with Crippen LogP contribution in [0.3, 0.4) is 0 Å². The average Bonchev–Trinajstić information content (AvgIpc) is 3.04. The van der Waals surface area contributed by atoms with Crippen LogP contribution in [0.25, 0.3) is 0 Å². The Morgan fingerprint density at radius 1 is 1.30 bits per heavy atom. The molecule has 1 aromatic carbocycles. The summed E-state index contributed by atoms with van der Waals surface area (Å²) in [5.74, 6) is 0.309. The lowest BCUT2D eigenvalue weighted by molar-refractivity contribution is -0.194. The molecule has 2 heterocycles. The van der Waals surface area contributed by atoms with Crippen LogP contribution < -0.4 is 10.1 Å². The Labute approximate surface area is 180 Å². The zero-order valence-electron chi connectivity index (χ0n) is 17.1. The van der Waals surface area contributed by atoms with Crippen LogP contribution in [0.15, 0.2) is 18.2 Å². The van der Waals surface area contributed by atoms with E-state index in [9.17, 15) is 14.3 Å². The highest BCUT2D eigenvalue weighted by molar-refractivity contribution is 6.32. The number of nitrogens with one attached hydrogen (secondary N) is 1. The first-order chi connectivity index (χ1) is 14.2. The lowest BCUT2D eigenvalue weighted by atomic mass is 9.60. The van der Waals surface area contributed by atoms with Crippen molar-refractivity contribution in [2.24, 2.45) is 11.3 Å². The Bertz CT molecular complexity index is 842. The summed E-state index contributed by atoms with van der Waals surface area (Å²) in [4.78, 5) is 13.5. The van der Waals surface area contributed by atoms with E-state index in [1.807, 2.05) is 6.92 Å². The highest BCUT2D eigenvalue weighted by atomic mass is 35.5. The molecule has 8 heteroatoms. The molecule has 2 spiro atoms. The van der Waals surface area contributed by atoms with E-state index in [4.69, 9.17) is 21.1 Å². The fraction of sp³-hybridized carbons (Fsp3) is 0.682. The Kier molecular flexibility index (Phi) is 4.73. The lowest BCUT2D eigenvalue weighted by Gasteiger charge is -2.57. The number of piperidine rings is 1. The number of ether oxygens (including phenoxy) is 2. The van der Waals surface area contributed by atoms with Gasteiger partial charge in [0.05, 0.1) is 16.7 Å². The van der Waals surface area contributed by atoms with Crippen molar-refractivity contribution in [3.63, 3.8) is 0 Å². The van der Waals surface area contributed by atoms with Crippen LogP contribution in [-0.4, -0.2) is 53.2 Å². The fourth-order valence-electron chi connectivity index (χ4n) is 5.82. The number of cyclic esters (lactones) is 1. The summed E-state index contributed by atoms with van der Waals surface area (Å²) in [6.45, 7) is 4.01. The van der Waals surface area contributed by atoms with E-state index in [1.54, 1.807) is 6.07 Å². The molecule has 2 saturated heterocycles. The second-order valence-electron chi connectivity index (χ2n) is 9.89. The molecule has 5 rings (SSSR count). The standard InChI is InChI=1S/C22H28ClFN2O4/c1-20(28,14-9-22(10-14)13-29-19(27)25-22)26-6-4-21(5-7-26)11-16(12-21)30-18-3-2-15(24)8-17(18)23/h2-3,8,14,16,28H,4-7,9-13H2,1H3,(H,25,27). The van der Waals surface area contributed by atoms with Crippen molar-refractivity contribution in [2.45, 2.75) is 62.8 Å². The molecule has 6 nitrogen and oxygen atoms in total. The fourth-order valence-corrected chi connectivity index (χ4v) is 6.03. The largest absolute Gasteiger partial charge is 0.489 e. The molecule has 2 aliphatic heterocycles. The van der Waals surface area contributed by atoms with Gasteiger partial charge in [-0.2, -0.15) is 0 Å². The smallest absolute Gasteiger partial charge is 0.407 e. The third kappa shape index (κ3) is 3.45. The number of aliphatic hydroxyl groups is 1.